The molecule has 0 heterocycles. The van der Waals surface area contributed by atoms with E-state index in [0.29, 0.717) is 0 Å². The molecule has 1 aromatic rings. The van der Waals surface area contributed by atoms with E-state index >= 15 is 0 Å². The van der Waals surface area contributed by atoms with Crippen molar-refractivity contribution in [2.75, 3.05) is 0 Å². The summed E-state index contributed by atoms with van der Waals surface area (Å²) in [4.78, 5) is 0. The van der Waals surface area contributed by atoms with Gasteiger partial charge in [0.15, 0.2) is 17.5 Å². The van der Waals surface area contributed by atoms with Gasteiger partial charge in [0.05, 0.1) is 12.7 Å². The van der Waals surface area contributed by atoms with Gasteiger partial charge < -0.3 is 4.74 Å². The lowest BCUT2D eigenvalue weighted by atomic mass is 9.70. The fraction of sp³-hybridized carbons (Fsp3) is 0.750. The van der Waals surface area contributed by atoms with Crippen molar-refractivity contribution in [1.29, 1.82) is 0 Å². The van der Waals surface area contributed by atoms with Crippen LogP contribution in [-0.4, -0.2) is 6.10 Å². The van der Waals surface area contributed by atoms with Gasteiger partial charge in [0.25, 0.3) is 0 Å². The summed E-state index contributed by atoms with van der Waals surface area (Å²) >= 11 is 0. The second-order valence-corrected chi connectivity index (χ2v) is 8.96. The van der Waals surface area contributed by atoms with Crippen LogP contribution in [-0.2, 0) is 11.3 Å². The van der Waals surface area contributed by atoms with E-state index < -0.39 is 17.5 Å². The monoisotopic (exact) mass is 396 g/mol. The van der Waals surface area contributed by atoms with Crippen molar-refractivity contribution in [3.63, 3.8) is 0 Å². The molecule has 0 spiro atoms. The van der Waals surface area contributed by atoms with Crippen molar-refractivity contribution in [3.05, 3.63) is 35.1 Å². The van der Waals surface area contributed by atoms with E-state index in [1.807, 2.05) is 0 Å². The van der Waals surface area contributed by atoms with E-state index in [9.17, 15) is 13.2 Å². The number of hydrogen-bond acceptors (Lipinski definition) is 1. The number of benzene rings is 1. The second-order valence-electron chi connectivity index (χ2n) is 8.96. The number of halogens is 3. The molecule has 1 aromatic carbocycles. The van der Waals surface area contributed by atoms with Crippen LogP contribution in [0.3, 0.4) is 0 Å². The van der Waals surface area contributed by atoms with Gasteiger partial charge in [-0.3, -0.25) is 0 Å². The molecule has 0 aromatic heterocycles. The van der Waals surface area contributed by atoms with Gasteiger partial charge in [-0.1, -0.05) is 51.5 Å². The van der Waals surface area contributed by atoms with Crippen molar-refractivity contribution >= 4 is 0 Å². The highest BCUT2D eigenvalue weighted by molar-refractivity contribution is 5.19. The fourth-order valence-electron chi connectivity index (χ4n) is 5.24. The first kappa shape index (κ1) is 21.7. The second kappa shape index (κ2) is 10.7. The van der Waals surface area contributed by atoms with Crippen LogP contribution < -0.4 is 0 Å². The Kier molecular flexibility index (Phi) is 8.25. The number of unbranched alkanes of at least 4 members (excludes halogenated alkanes) is 2. The van der Waals surface area contributed by atoms with Gasteiger partial charge in [-0.2, -0.15) is 0 Å². The third-order valence-corrected chi connectivity index (χ3v) is 7.08. The van der Waals surface area contributed by atoms with E-state index in [1.54, 1.807) is 0 Å². The number of ether oxygens (including phenoxy) is 1. The maximum Gasteiger partial charge on any atom is 0.194 e. The van der Waals surface area contributed by atoms with E-state index in [0.717, 1.165) is 36.7 Å². The Labute approximate surface area is 168 Å². The van der Waals surface area contributed by atoms with Crippen LogP contribution in [0.25, 0.3) is 0 Å². The predicted molar refractivity (Wildman–Crippen MR) is 106 cm³/mol. The molecule has 3 rings (SSSR count). The zero-order valence-electron chi connectivity index (χ0n) is 17.2. The molecule has 2 aliphatic carbocycles. The molecule has 4 heteroatoms. The quantitative estimate of drug-likeness (QED) is 0.325. The average molecular weight is 397 g/mol. The first-order valence-electron chi connectivity index (χ1n) is 11.3. The highest BCUT2D eigenvalue weighted by Crippen LogP contribution is 2.41. The molecule has 2 fully saturated rings. The number of rotatable bonds is 8. The summed E-state index contributed by atoms with van der Waals surface area (Å²) in [6.07, 6.45) is 15.5. The molecule has 158 valence electrons. The van der Waals surface area contributed by atoms with Crippen LogP contribution in [0, 0.1) is 35.2 Å². The molecule has 0 amide bonds. The Hall–Kier alpha value is -1.03. The minimum atomic E-state index is -1.41. The molecule has 2 aliphatic rings. The lowest BCUT2D eigenvalue weighted by Gasteiger charge is -2.38. The van der Waals surface area contributed by atoms with Gasteiger partial charge in [0, 0.05) is 5.56 Å². The standard InChI is InChI=1S/C24H35F3O/c1-2-3-4-5-17-6-8-18(9-7-17)19-10-13-21(14-11-19)28-16-20-12-15-22(25)24(27)23(20)26/h12,15,17-19,21H,2-11,13-14,16H2,1H3. The average Bonchev–Trinajstić information content (AvgIpc) is 2.73. The Morgan fingerprint density at radius 1 is 0.821 bits per heavy atom. The summed E-state index contributed by atoms with van der Waals surface area (Å²) in [6, 6.07) is 2.24. The van der Waals surface area contributed by atoms with Crippen molar-refractivity contribution in [1.82, 2.24) is 0 Å². The SMILES string of the molecule is CCCCCC1CCC(C2CCC(OCc3ccc(F)c(F)c3F)CC2)CC1. The third-order valence-electron chi connectivity index (χ3n) is 7.08. The van der Waals surface area contributed by atoms with E-state index in [4.69, 9.17) is 4.74 Å². The van der Waals surface area contributed by atoms with Crippen LogP contribution in [0.2, 0.25) is 0 Å². The molecule has 28 heavy (non-hydrogen) atoms. The summed E-state index contributed by atoms with van der Waals surface area (Å²) in [5.74, 6) is -1.06. The molecule has 1 nitrogen and oxygen atoms in total. The summed E-state index contributed by atoms with van der Waals surface area (Å²) in [6.45, 7) is 2.28. The predicted octanol–water partition coefficient (Wildman–Crippen LogP) is 7.57. The molecule has 0 unspecified atom stereocenters. The van der Waals surface area contributed by atoms with Crippen molar-refractivity contribution < 1.29 is 17.9 Å². The highest BCUT2D eigenvalue weighted by Gasteiger charge is 2.31. The molecule has 0 atom stereocenters. The largest absolute Gasteiger partial charge is 0.373 e. The fourth-order valence-corrected chi connectivity index (χ4v) is 5.24. The van der Waals surface area contributed by atoms with E-state index in [2.05, 4.69) is 6.92 Å². The topological polar surface area (TPSA) is 9.23 Å². The minimum Gasteiger partial charge on any atom is -0.373 e. The lowest BCUT2D eigenvalue weighted by Crippen LogP contribution is -2.28. The van der Waals surface area contributed by atoms with Gasteiger partial charge in [0.2, 0.25) is 0 Å². The molecular weight excluding hydrogens is 361 g/mol. The van der Waals surface area contributed by atoms with Crippen molar-refractivity contribution in [2.45, 2.75) is 96.7 Å². The zero-order chi connectivity index (χ0) is 19.9. The van der Waals surface area contributed by atoms with Crippen LogP contribution >= 0.6 is 0 Å². The minimum absolute atomic E-state index is 0.0151. The Morgan fingerprint density at radius 2 is 1.46 bits per heavy atom. The maximum atomic E-state index is 13.8. The van der Waals surface area contributed by atoms with Gasteiger partial charge >= 0.3 is 0 Å². The van der Waals surface area contributed by atoms with E-state index in [1.165, 1.54) is 70.3 Å². The Morgan fingerprint density at radius 3 is 2.11 bits per heavy atom. The van der Waals surface area contributed by atoms with E-state index in [-0.39, 0.29) is 18.3 Å². The van der Waals surface area contributed by atoms with Crippen molar-refractivity contribution in [2.24, 2.45) is 17.8 Å². The smallest absolute Gasteiger partial charge is 0.194 e. The van der Waals surface area contributed by atoms with Gasteiger partial charge in [-0.05, 0) is 62.3 Å². The third kappa shape index (κ3) is 5.75. The summed E-state index contributed by atoms with van der Waals surface area (Å²) in [5, 5.41) is 0. The first-order chi connectivity index (χ1) is 13.6. The Balaban J connectivity index is 1.37. The molecule has 0 aliphatic heterocycles. The first-order valence-corrected chi connectivity index (χ1v) is 11.3. The highest BCUT2D eigenvalue weighted by atomic mass is 19.2. The van der Waals surface area contributed by atoms with Gasteiger partial charge in [0.1, 0.15) is 0 Å². The van der Waals surface area contributed by atoms with Gasteiger partial charge in [-0.25, -0.2) is 13.2 Å². The normalized spacial score (nSPS) is 28.4. The maximum absolute atomic E-state index is 13.8. The molecule has 0 bridgehead atoms. The molecular formula is C24H35F3O. The molecule has 2 saturated carbocycles. The molecule has 0 N–H and O–H groups in total. The number of hydrogen-bond donors (Lipinski definition) is 0. The summed E-state index contributed by atoms with van der Waals surface area (Å²) in [5.41, 5.74) is 0.0995. The van der Waals surface area contributed by atoms with Crippen LogP contribution in [0.5, 0.6) is 0 Å². The lowest BCUT2D eigenvalue weighted by molar-refractivity contribution is -0.00408. The molecule has 0 saturated heterocycles. The van der Waals surface area contributed by atoms with Crippen molar-refractivity contribution in [3.8, 4) is 0 Å². The zero-order valence-corrected chi connectivity index (χ0v) is 17.2. The van der Waals surface area contributed by atoms with Crippen LogP contribution in [0.4, 0.5) is 13.2 Å². The van der Waals surface area contributed by atoms with Gasteiger partial charge in [-0.15, -0.1) is 0 Å². The molecule has 0 radical (unpaired) electrons. The Bertz CT molecular complexity index is 602. The van der Waals surface area contributed by atoms with Crippen LogP contribution in [0.1, 0.15) is 89.5 Å². The summed E-state index contributed by atoms with van der Waals surface area (Å²) < 4.78 is 45.9. The van der Waals surface area contributed by atoms with Crippen LogP contribution in [0.15, 0.2) is 12.1 Å². The summed E-state index contributed by atoms with van der Waals surface area (Å²) in [7, 11) is 0.